The lowest BCUT2D eigenvalue weighted by atomic mass is 10.00. The van der Waals surface area contributed by atoms with Crippen LogP contribution in [0.4, 0.5) is 11.4 Å². The molecule has 0 atom stereocenters. The van der Waals surface area contributed by atoms with Crippen molar-refractivity contribution in [2.45, 2.75) is 19.8 Å². The first kappa shape index (κ1) is 14.4. The molecule has 2 N–H and O–H groups in total. The Hall–Kier alpha value is -2.49. The van der Waals surface area contributed by atoms with Crippen molar-refractivity contribution < 1.29 is 9.53 Å². The Kier molecular flexibility index (Phi) is 4.00. The van der Waals surface area contributed by atoms with Gasteiger partial charge in [-0.2, -0.15) is 0 Å². The van der Waals surface area contributed by atoms with Crippen LogP contribution in [0.3, 0.4) is 0 Å². The van der Waals surface area contributed by atoms with Crippen molar-refractivity contribution in [3.05, 3.63) is 53.6 Å². The van der Waals surface area contributed by atoms with E-state index < -0.39 is 0 Å². The van der Waals surface area contributed by atoms with Crippen molar-refractivity contribution in [1.29, 1.82) is 0 Å². The number of nitrogen functional groups attached to an aromatic ring is 1. The molecule has 0 fully saturated rings. The second-order valence-electron chi connectivity index (χ2n) is 5.41. The number of nitrogens with two attached hydrogens (primary N) is 1. The third-order valence-electron chi connectivity index (χ3n) is 3.88. The maximum atomic E-state index is 12.8. The van der Waals surface area contributed by atoms with E-state index in [9.17, 15) is 4.79 Å². The number of fused-ring (bicyclic) bond motifs is 1. The molecule has 1 aliphatic rings. The second-order valence-corrected chi connectivity index (χ2v) is 5.41. The van der Waals surface area contributed by atoms with Gasteiger partial charge in [0.05, 0.1) is 6.61 Å². The molecule has 3 rings (SSSR count). The van der Waals surface area contributed by atoms with Gasteiger partial charge < -0.3 is 15.4 Å². The highest BCUT2D eigenvalue weighted by molar-refractivity contribution is 6.06. The van der Waals surface area contributed by atoms with Gasteiger partial charge in [-0.05, 0) is 67.8 Å². The van der Waals surface area contributed by atoms with Crippen LogP contribution >= 0.6 is 0 Å². The highest BCUT2D eigenvalue weighted by atomic mass is 16.5. The summed E-state index contributed by atoms with van der Waals surface area (Å²) < 4.78 is 5.42. The highest BCUT2D eigenvalue weighted by Gasteiger charge is 2.23. The zero-order chi connectivity index (χ0) is 15.5. The normalized spacial score (nSPS) is 13.6. The minimum Gasteiger partial charge on any atom is -0.494 e. The molecule has 0 radical (unpaired) electrons. The fourth-order valence-corrected chi connectivity index (χ4v) is 2.84. The topological polar surface area (TPSA) is 55.6 Å². The van der Waals surface area contributed by atoms with Gasteiger partial charge in [0.15, 0.2) is 0 Å². The van der Waals surface area contributed by atoms with Crippen molar-refractivity contribution >= 4 is 17.3 Å². The largest absolute Gasteiger partial charge is 0.494 e. The van der Waals surface area contributed by atoms with Crippen LogP contribution in [0.1, 0.15) is 29.3 Å². The number of aryl methyl sites for hydroxylation is 1. The molecular weight excluding hydrogens is 276 g/mol. The quantitative estimate of drug-likeness (QED) is 0.884. The zero-order valence-corrected chi connectivity index (χ0v) is 12.7. The van der Waals surface area contributed by atoms with Gasteiger partial charge in [0.1, 0.15) is 5.75 Å². The molecular formula is C18H20N2O2. The van der Waals surface area contributed by atoms with Crippen LogP contribution < -0.4 is 15.4 Å². The predicted octanol–water partition coefficient (Wildman–Crippen LogP) is 3.26. The third-order valence-corrected chi connectivity index (χ3v) is 3.88. The standard InChI is InChI=1S/C18H20N2O2/c1-2-22-16-8-5-13(6-9-16)18(21)20-11-3-4-14-12-15(19)7-10-17(14)20/h5-10,12H,2-4,11,19H2,1H3. The van der Waals surface area contributed by atoms with Crippen molar-refractivity contribution in [3.8, 4) is 5.75 Å². The summed E-state index contributed by atoms with van der Waals surface area (Å²) in [5.74, 6) is 0.805. The van der Waals surface area contributed by atoms with Gasteiger partial charge in [-0.1, -0.05) is 0 Å². The van der Waals surface area contributed by atoms with Crippen molar-refractivity contribution in [2.75, 3.05) is 23.8 Å². The molecule has 114 valence electrons. The number of nitrogens with zero attached hydrogens (tertiary/aromatic N) is 1. The highest BCUT2D eigenvalue weighted by Crippen LogP contribution is 2.30. The lowest BCUT2D eigenvalue weighted by molar-refractivity contribution is 0.0985. The van der Waals surface area contributed by atoms with E-state index in [1.807, 2.05) is 54.3 Å². The molecule has 4 nitrogen and oxygen atoms in total. The van der Waals surface area contributed by atoms with Crippen LogP contribution in [-0.2, 0) is 6.42 Å². The van der Waals surface area contributed by atoms with E-state index in [0.29, 0.717) is 12.2 Å². The maximum absolute atomic E-state index is 12.8. The summed E-state index contributed by atoms with van der Waals surface area (Å²) in [5, 5.41) is 0. The molecule has 2 aromatic carbocycles. The summed E-state index contributed by atoms with van der Waals surface area (Å²) in [7, 11) is 0. The average molecular weight is 296 g/mol. The van der Waals surface area contributed by atoms with Gasteiger partial charge in [-0.3, -0.25) is 4.79 Å². The minimum absolute atomic E-state index is 0.0220. The van der Waals surface area contributed by atoms with E-state index in [0.717, 1.165) is 42.1 Å². The smallest absolute Gasteiger partial charge is 0.258 e. The van der Waals surface area contributed by atoms with Crippen LogP contribution in [0.5, 0.6) is 5.75 Å². The molecule has 0 unspecified atom stereocenters. The minimum atomic E-state index is 0.0220. The number of hydrogen-bond donors (Lipinski definition) is 1. The molecule has 4 heteroatoms. The first-order chi connectivity index (χ1) is 10.7. The number of anilines is 2. The molecule has 0 saturated heterocycles. The Morgan fingerprint density at radius 3 is 2.73 bits per heavy atom. The van der Waals surface area contributed by atoms with Crippen LogP contribution in [0.15, 0.2) is 42.5 Å². The Morgan fingerprint density at radius 2 is 2.00 bits per heavy atom. The van der Waals surface area contributed by atoms with Crippen molar-refractivity contribution in [2.24, 2.45) is 0 Å². The van der Waals surface area contributed by atoms with E-state index in [-0.39, 0.29) is 5.91 Å². The van der Waals surface area contributed by atoms with Crippen LogP contribution in [0.2, 0.25) is 0 Å². The number of carbonyl (C=O) groups excluding carboxylic acids is 1. The third kappa shape index (κ3) is 2.77. The summed E-state index contributed by atoms with van der Waals surface area (Å²) >= 11 is 0. The van der Waals surface area contributed by atoms with E-state index >= 15 is 0 Å². The summed E-state index contributed by atoms with van der Waals surface area (Å²) in [6, 6.07) is 13.1. The molecule has 0 spiro atoms. The summed E-state index contributed by atoms with van der Waals surface area (Å²) in [6.07, 6.45) is 1.92. The lowest BCUT2D eigenvalue weighted by Crippen LogP contribution is -2.35. The van der Waals surface area contributed by atoms with Gasteiger partial charge in [-0.25, -0.2) is 0 Å². The summed E-state index contributed by atoms with van der Waals surface area (Å²) in [6.45, 7) is 3.30. The lowest BCUT2D eigenvalue weighted by Gasteiger charge is -2.29. The number of benzene rings is 2. The molecule has 0 bridgehead atoms. The molecule has 0 saturated carbocycles. The maximum Gasteiger partial charge on any atom is 0.258 e. The van der Waals surface area contributed by atoms with Crippen molar-refractivity contribution in [3.63, 3.8) is 0 Å². The molecule has 2 aromatic rings. The first-order valence-electron chi connectivity index (χ1n) is 7.62. The molecule has 22 heavy (non-hydrogen) atoms. The van der Waals surface area contributed by atoms with Gasteiger partial charge in [0.25, 0.3) is 5.91 Å². The molecule has 1 aliphatic heterocycles. The molecule has 1 heterocycles. The Morgan fingerprint density at radius 1 is 1.23 bits per heavy atom. The van der Waals surface area contributed by atoms with Crippen molar-refractivity contribution in [1.82, 2.24) is 0 Å². The van der Waals surface area contributed by atoms with E-state index in [4.69, 9.17) is 10.5 Å². The van der Waals surface area contributed by atoms with Crippen LogP contribution in [0.25, 0.3) is 0 Å². The average Bonchev–Trinajstić information content (AvgIpc) is 2.54. The van der Waals surface area contributed by atoms with Gasteiger partial charge in [0.2, 0.25) is 0 Å². The second kappa shape index (κ2) is 6.10. The van der Waals surface area contributed by atoms with Gasteiger partial charge >= 0.3 is 0 Å². The molecule has 0 aliphatic carbocycles. The van der Waals surface area contributed by atoms with Crippen LogP contribution in [0, 0.1) is 0 Å². The fraction of sp³-hybridized carbons (Fsp3) is 0.278. The number of ether oxygens (including phenoxy) is 1. The molecule has 0 aromatic heterocycles. The Labute approximate surface area is 130 Å². The number of rotatable bonds is 3. The summed E-state index contributed by atoms with van der Waals surface area (Å²) in [4.78, 5) is 14.6. The fourth-order valence-electron chi connectivity index (χ4n) is 2.84. The van der Waals surface area contributed by atoms with Gasteiger partial charge in [0, 0.05) is 23.5 Å². The molecule has 1 amide bonds. The number of hydrogen-bond acceptors (Lipinski definition) is 3. The number of carbonyl (C=O) groups is 1. The van der Waals surface area contributed by atoms with E-state index in [2.05, 4.69) is 0 Å². The SMILES string of the molecule is CCOc1ccc(C(=O)N2CCCc3cc(N)ccc32)cc1. The predicted molar refractivity (Wildman–Crippen MR) is 88.5 cm³/mol. The van der Waals surface area contributed by atoms with Crippen LogP contribution in [-0.4, -0.2) is 19.1 Å². The Bertz CT molecular complexity index is 680. The van der Waals surface area contributed by atoms with E-state index in [1.54, 1.807) is 0 Å². The van der Waals surface area contributed by atoms with Gasteiger partial charge in [-0.15, -0.1) is 0 Å². The monoisotopic (exact) mass is 296 g/mol. The number of amides is 1. The van der Waals surface area contributed by atoms with E-state index in [1.165, 1.54) is 0 Å². The Balaban J connectivity index is 1.87. The summed E-state index contributed by atoms with van der Waals surface area (Å²) in [5.41, 5.74) is 9.38. The zero-order valence-electron chi connectivity index (χ0n) is 12.7. The first-order valence-corrected chi connectivity index (χ1v) is 7.62.